The Morgan fingerprint density at radius 3 is 2.29 bits per heavy atom. The zero-order chi connectivity index (χ0) is 13.2. The number of nitrogens with zero attached hydrogens (tertiary/aromatic N) is 1. The van der Waals surface area contributed by atoms with E-state index >= 15 is 0 Å². The fraction of sp³-hybridized carbons (Fsp3) is 0.909. The molecule has 100 valence electrons. The largest absolute Gasteiger partial charge is 0.469 e. The van der Waals surface area contributed by atoms with Gasteiger partial charge < -0.3 is 4.74 Å². The number of alkyl halides is 3. The number of methoxy groups -OCH3 is 1. The molecule has 0 aromatic rings. The number of rotatable bonds is 5. The number of carbonyl (C=O) groups excluding carboxylic acids is 1. The lowest BCUT2D eigenvalue weighted by Crippen LogP contribution is -2.46. The van der Waals surface area contributed by atoms with Gasteiger partial charge in [-0.25, -0.2) is 0 Å². The van der Waals surface area contributed by atoms with E-state index in [0.717, 1.165) is 12.8 Å². The van der Waals surface area contributed by atoms with E-state index in [2.05, 4.69) is 4.74 Å². The van der Waals surface area contributed by atoms with Crippen LogP contribution < -0.4 is 0 Å². The Hall–Kier alpha value is -0.780. The molecule has 1 aliphatic rings. The maximum absolute atomic E-state index is 12.4. The van der Waals surface area contributed by atoms with Gasteiger partial charge in [-0.2, -0.15) is 13.2 Å². The first-order valence-electron chi connectivity index (χ1n) is 5.66. The summed E-state index contributed by atoms with van der Waals surface area (Å²) >= 11 is 0. The summed E-state index contributed by atoms with van der Waals surface area (Å²) in [5.74, 6) is -1.02. The monoisotopic (exact) mass is 253 g/mol. The topological polar surface area (TPSA) is 29.5 Å². The summed E-state index contributed by atoms with van der Waals surface area (Å²) in [6.07, 6.45) is -2.69. The molecule has 0 N–H and O–H groups in total. The van der Waals surface area contributed by atoms with Crippen molar-refractivity contribution in [2.24, 2.45) is 5.92 Å². The van der Waals surface area contributed by atoms with Crippen molar-refractivity contribution in [2.45, 2.75) is 44.9 Å². The second kappa shape index (κ2) is 5.25. The predicted octanol–water partition coefficient (Wildman–Crippen LogP) is 2.21. The normalized spacial score (nSPS) is 20.2. The lowest BCUT2D eigenvalue weighted by atomic mass is 10.0. The number of halogens is 3. The first-order valence-corrected chi connectivity index (χ1v) is 5.66. The number of ether oxygens (including phenoxy) is 1. The van der Waals surface area contributed by atoms with Crippen LogP contribution in [0.5, 0.6) is 0 Å². The van der Waals surface area contributed by atoms with Crippen LogP contribution in [0.4, 0.5) is 13.2 Å². The molecule has 0 amide bonds. The molecule has 1 saturated carbocycles. The van der Waals surface area contributed by atoms with E-state index in [4.69, 9.17) is 0 Å². The van der Waals surface area contributed by atoms with Gasteiger partial charge in [0.1, 0.15) is 0 Å². The van der Waals surface area contributed by atoms with Gasteiger partial charge >= 0.3 is 12.1 Å². The van der Waals surface area contributed by atoms with E-state index in [0.29, 0.717) is 0 Å². The predicted molar refractivity (Wildman–Crippen MR) is 56.4 cm³/mol. The molecular weight excluding hydrogens is 235 g/mol. The number of hydrogen-bond acceptors (Lipinski definition) is 3. The van der Waals surface area contributed by atoms with Crippen LogP contribution in [-0.4, -0.2) is 42.8 Å². The third-order valence-corrected chi connectivity index (χ3v) is 3.20. The highest BCUT2D eigenvalue weighted by Gasteiger charge is 2.42. The molecule has 1 aliphatic carbocycles. The van der Waals surface area contributed by atoms with Crippen molar-refractivity contribution >= 4 is 5.97 Å². The second-order valence-corrected chi connectivity index (χ2v) is 4.57. The van der Waals surface area contributed by atoms with E-state index in [9.17, 15) is 18.0 Å². The van der Waals surface area contributed by atoms with Crippen molar-refractivity contribution < 1.29 is 22.7 Å². The molecule has 0 heterocycles. The fourth-order valence-corrected chi connectivity index (χ4v) is 1.89. The Morgan fingerprint density at radius 2 is 1.94 bits per heavy atom. The van der Waals surface area contributed by atoms with Crippen molar-refractivity contribution in [3.63, 3.8) is 0 Å². The van der Waals surface area contributed by atoms with Crippen molar-refractivity contribution in [3.05, 3.63) is 0 Å². The van der Waals surface area contributed by atoms with Crippen molar-refractivity contribution in [3.8, 4) is 0 Å². The molecular formula is C11H18F3NO2. The van der Waals surface area contributed by atoms with Crippen molar-refractivity contribution in [1.82, 2.24) is 4.90 Å². The highest BCUT2D eigenvalue weighted by atomic mass is 19.4. The summed E-state index contributed by atoms with van der Waals surface area (Å²) in [7, 11) is 1.25. The third kappa shape index (κ3) is 4.18. The van der Waals surface area contributed by atoms with Crippen molar-refractivity contribution in [2.75, 3.05) is 13.7 Å². The van der Waals surface area contributed by atoms with Crippen LogP contribution in [0.25, 0.3) is 0 Å². The van der Waals surface area contributed by atoms with Crippen LogP contribution in [-0.2, 0) is 9.53 Å². The summed E-state index contributed by atoms with van der Waals surface area (Å²) in [6.45, 7) is 2.29. The summed E-state index contributed by atoms with van der Waals surface area (Å²) in [5, 5.41) is 0. The molecule has 0 aromatic heterocycles. The van der Waals surface area contributed by atoms with E-state index in [1.165, 1.54) is 12.0 Å². The lowest BCUT2D eigenvalue weighted by Gasteiger charge is -2.32. The molecule has 17 heavy (non-hydrogen) atoms. The summed E-state index contributed by atoms with van der Waals surface area (Å²) < 4.78 is 41.9. The maximum atomic E-state index is 12.4. The number of hydrogen-bond donors (Lipinski definition) is 0. The molecule has 1 fully saturated rings. The number of carbonyl (C=O) groups is 1. The molecule has 0 spiro atoms. The van der Waals surface area contributed by atoms with Crippen LogP contribution in [0.2, 0.25) is 0 Å². The standard InChI is InChI=1S/C11H18F3NO2/c1-7(10(16)17-3)8(2)15(9-4-5-9)6-11(12,13)14/h7-9H,4-6H2,1-3H3. The highest BCUT2D eigenvalue weighted by molar-refractivity contribution is 5.72. The highest BCUT2D eigenvalue weighted by Crippen LogP contribution is 2.33. The minimum absolute atomic E-state index is 0.0428. The van der Waals surface area contributed by atoms with Gasteiger partial charge in [0.15, 0.2) is 0 Å². The van der Waals surface area contributed by atoms with E-state index in [-0.39, 0.29) is 6.04 Å². The fourth-order valence-electron chi connectivity index (χ4n) is 1.89. The Bertz CT molecular complexity index is 276. The average molecular weight is 253 g/mol. The quantitative estimate of drug-likeness (QED) is 0.703. The SMILES string of the molecule is COC(=O)C(C)C(C)N(CC(F)(F)F)C1CC1. The van der Waals surface area contributed by atoms with Gasteiger partial charge in [0.2, 0.25) is 0 Å². The Labute approximate surface area is 98.9 Å². The van der Waals surface area contributed by atoms with Gasteiger partial charge in [0, 0.05) is 12.1 Å². The molecule has 3 nitrogen and oxygen atoms in total. The second-order valence-electron chi connectivity index (χ2n) is 4.57. The molecule has 0 bridgehead atoms. The van der Waals surface area contributed by atoms with Crippen LogP contribution in [0, 0.1) is 5.92 Å². The molecule has 6 heteroatoms. The molecule has 0 aliphatic heterocycles. The summed E-state index contributed by atoms with van der Waals surface area (Å²) in [6, 6.07) is -0.504. The van der Waals surface area contributed by atoms with Crippen LogP contribution >= 0.6 is 0 Å². The zero-order valence-electron chi connectivity index (χ0n) is 10.3. The van der Waals surface area contributed by atoms with Gasteiger partial charge in [0.25, 0.3) is 0 Å². The molecule has 1 rings (SSSR count). The van der Waals surface area contributed by atoms with Crippen LogP contribution in [0.15, 0.2) is 0 Å². The van der Waals surface area contributed by atoms with Gasteiger partial charge in [-0.1, -0.05) is 6.92 Å². The Balaban J connectivity index is 2.66. The average Bonchev–Trinajstić information content (AvgIpc) is 3.05. The van der Waals surface area contributed by atoms with Crippen LogP contribution in [0.1, 0.15) is 26.7 Å². The molecule has 0 radical (unpaired) electrons. The minimum atomic E-state index is -4.23. The Morgan fingerprint density at radius 1 is 1.41 bits per heavy atom. The van der Waals surface area contributed by atoms with Gasteiger partial charge in [-0.15, -0.1) is 0 Å². The molecule has 0 saturated heterocycles. The van der Waals surface area contributed by atoms with Gasteiger partial charge in [-0.3, -0.25) is 9.69 Å². The molecule has 0 aromatic carbocycles. The summed E-state index contributed by atoms with van der Waals surface area (Å²) in [4.78, 5) is 12.7. The lowest BCUT2D eigenvalue weighted by molar-refractivity contribution is -0.161. The molecule has 2 unspecified atom stereocenters. The van der Waals surface area contributed by atoms with Gasteiger partial charge in [-0.05, 0) is 19.8 Å². The number of esters is 1. The first-order chi connectivity index (χ1) is 7.76. The summed E-state index contributed by atoms with van der Waals surface area (Å²) in [5.41, 5.74) is 0. The van der Waals surface area contributed by atoms with E-state index < -0.39 is 30.7 Å². The third-order valence-electron chi connectivity index (χ3n) is 3.20. The first kappa shape index (κ1) is 14.3. The minimum Gasteiger partial charge on any atom is -0.469 e. The molecule has 2 atom stereocenters. The Kier molecular flexibility index (Phi) is 4.41. The van der Waals surface area contributed by atoms with Crippen molar-refractivity contribution in [1.29, 1.82) is 0 Å². The van der Waals surface area contributed by atoms with Gasteiger partial charge in [0.05, 0.1) is 19.6 Å². The van der Waals surface area contributed by atoms with E-state index in [1.807, 2.05) is 0 Å². The zero-order valence-corrected chi connectivity index (χ0v) is 10.3. The smallest absolute Gasteiger partial charge is 0.401 e. The van der Waals surface area contributed by atoms with Crippen LogP contribution in [0.3, 0.4) is 0 Å². The maximum Gasteiger partial charge on any atom is 0.401 e. The van der Waals surface area contributed by atoms with E-state index in [1.54, 1.807) is 13.8 Å².